The van der Waals surface area contributed by atoms with Gasteiger partial charge in [-0.15, -0.1) is 0 Å². The average Bonchev–Trinajstić information content (AvgIpc) is 2.65. The van der Waals surface area contributed by atoms with Crippen molar-refractivity contribution in [3.8, 4) is 0 Å². The van der Waals surface area contributed by atoms with Crippen LogP contribution in [0.25, 0.3) is 0 Å². The quantitative estimate of drug-likeness (QED) is 0.178. The summed E-state index contributed by atoms with van der Waals surface area (Å²) in [5.74, 6) is -0.592. The smallest absolute Gasteiger partial charge is 0.285 e. The van der Waals surface area contributed by atoms with Crippen molar-refractivity contribution in [1.82, 2.24) is 0 Å². The Balaban J connectivity index is 2.69. The SMILES string of the molecule is CCCCCCCCC(CCCC1(CC)COC1)C(OCC)(OCC)OCC. The predicted molar refractivity (Wildman–Crippen MR) is 116 cm³/mol. The molecule has 1 heterocycles. The maximum Gasteiger partial charge on any atom is 0.285 e. The fraction of sp³-hybridized carbons (Fsp3) is 1.00. The Bertz CT molecular complexity index is 345. The molecule has 4 heteroatoms. The van der Waals surface area contributed by atoms with Gasteiger partial charge in [-0.3, -0.25) is 0 Å². The van der Waals surface area contributed by atoms with Crippen LogP contribution in [0.4, 0.5) is 0 Å². The molecule has 28 heavy (non-hydrogen) atoms. The zero-order valence-corrected chi connectivity index (χ0v) is 19.5. The average molecular weight is 401 g/mol. The fourth-order valence-electron chi connectivity index (χ4n) is 4.39. The summed E-state index contributed by atoms with van der Waals surface area (Å²) in [4.78, 5) is 0. The molecule has 1 aliphatic rings. The van der Waals surface area contributed by atoms with E-state index in [4.69, 9.17) is 18.9 Å². The molecule has 168 valence electrons. The van der Waals surface area contributed by atoms with Crippen LogP contribution in [-0.4, -0.2) is 39.0 Å². The van der Waals surface area contributed by atoms with E-state index < -0.39 is 5.97 Å². The highest BCUT2D eigenvalue weighted by molar-refractivity contribution is 4.85. The largest absolute Gasteiger partial charge is 0.380 e. The number of rotatable bonds is 19. The van der Waals surface area contributed by atoms with Crippen LogP contribution in [0.5, 0.6) is 0 Å². The van der Waals surface area contributed by atoms with Gasteiger partial charge in [-0.05, 0) is 46.5 Å². The summed E-state index contributed by atoms with van der Waals surface area (Å²) in [7, 11) is 0. The van der Waals surface area contributed by atoms with Crippen molar-refractivity contribution in [3.05, 3.63) is 0 Å². The van der Waals surface area contributed by atoms with Gasteiger partial charge < -0.3 is 18.9 Å². The van der Waals surface area contributed by atoms with Crippen LogP contribution in [0.2, 0.25) is 0 Å². The highest BCUT2D eigenvalue weighted by Gasteiger charge is 2.42. The van der Waals surface area contributed by atoms with Gasteiger partial charge in [0.2, 0.25) is 0 Å². The summed E-state index contributed by atoms with van der Waals surface area (Å²) in [6, 6.07) is 0. The van der Waals surface area contributed by atoms with Crippen molar-refractivity contribution >= 4 is 0 Å². The third-order valence-corrected chi connectivity index (χ3v) is 6.27. The molecule has 0 radical (unpaired) electrons. The Morgan fingerprint density at radius 3 is 1.75 bits per heavy atom. The molecule has 0 aliphatic carbocycles. The lowest BCUT2D eigenvalue weighted by Gasteiger charge is -2.42. The molecule has 0 saturated carbocycles. The lowest BCUT2D eigenvalue weighted by molar-refractivity contribution is -0.403. The van der Waals surface area contributed by atoms with E-state index in [-0.39, 0.29) is 5.92 Å². The van der Waals surface area contributed by atoms with Gasteiger partial charge >= 0.3 is 0 Å². The summed E-state index contributed by atoms with van der Waals surface area (Å²) in [6.07, 6.45) is 13.7. The Hall–Kier alpha value is -0.160. The number of hydrogen-bond acceptors (Lipinski definition) is 4. The third kappa shape index (κ3) is 8.30. The monoisotopic (exact) mass is 400 g/mol. The minimum Gasteiger partial charge on any atom is -0.380 e. The van der Waals surface area contributed by atoms with Crippen LogP contribution < -0.4 is 0 Å². The van der Waals surface area contributed by atoms with E-state index in [1.54, 1.807) is 0 Å². The minimum atomic E-state index is -0.878. The van der Waals surface area contributed by atoms with Gasteiger partial charge in [0.1, 0.15) is 0 Å². The molecule has 0 aromatic rings. The molecule has 1 unspecified atom stereocenters. The van der Waals surface area contributed by atoms with E-state index in [9.17, 15) is 0 Å². The molecule has 1 fully saturated rings. The molecule has 1 atom stereocenters. The van der Waals surface area contributed by atoms with E-state index in [2.05, 4.69) is 13.8 Å². The van der Waals surface area contributed by atoms with E-state index >= 15 is 0 Å². The highest BCUT2D eigenvalue weighted by Crippen LogP contribution is 2.40. The summed E-state index contributed by atoms with van der Waals surface area (Å²) < 4.78 is 24.0. The summed E-state index contributed by atoms with van der Waals surface area (Å²) >= 11 is 0. The molecule has 1 aliphatic heterocycles. The van der Waals surface area contributed by atoms with Crippen molar-refractivity contribution < 1.29 is 18.9 Å². The van der Waals surface area contributed by atoms with E-state index in [0.29, 0.717) is 25.2 Å². The third-order valence-electron chi connectivity index (χ3n) is 6.27. The zero-order valence-electron chi connectivity index (χ0n) is 19.5. The number of ether oxygens (including phenoxy) is 4. The van der Waals surface area contributed by atoms with Gasteiger partial charge in [0.25, 0.3) is 5.97 Å². The topological polar surface area (TPSA) is 36.9 Å². The lowest BCUT2D eigenvalue weighted by atomic mass is 9.77. The maximum atomic E-state index is 6.15. The van der Waals surface area contributed by atoms with Crippen LogP contribution in [0.1, 0.15) is 105 Å². The first-order valence-corrected chi connectivity index (χ1v) is 12.1. The Labute approximate surface area is 175 Å². The fourth-order valence-corrected chi connectivity index (χ4v) is 4.39. The van der Waals surface area contributed by atoms with Crippen LogP contribution >= 0.6 is 0 Å². The van der Waals surface area contributed by atoms with Gasteiger partial charge in [-0.2, -0.15) is 0 Å². The molecule has 0 amide bonds. The molecule has 1 saturated heterocycles. The Morgan fingerprint density at radius 1 is 0.750 bits per heavy atom. The van der Waals surface area contributed by atoms with Crippen LogP contribution in [0.15, 0.2) is 0 Å². The molecular formula is C24H48O4. The van der Waals surface area contributed by atoms with E-state index in [1.807, 2.05) is 20.8 Å². The molecule has 0 aromatic carbocycles. The number of hydrogen-bond donors (Lipinski definition) is 0. The van der Waals surface area contributed by atoms with Crippen molar-refractivity contribution in [2.24, 2.45) is 11.3 Å². The van der Waals surface area contributed by atoms with Gasteiger partial charge in [0.05, 0.1) is 13.2 Å². The highest BCUT2D eigenvalue weighted by atomic mass is 16.9. The molecule has 1 rings (SSSR count). The molecule has 0 spiro atoms. The van der Waals surface area contributed by atoms with Crippen LogP contribution in [0.3, 0.4) is 0 Å². The summed E-state index contributed by atoms with van der Waals surface area (Å²) in [5, 5.41) is 0. The normalized spacial score (nSPS) is 17.5. The standard InChI is InChI=1S/C24H48O4/c1-6-11-12-13-14-15-17-22(18-16-19-23(7-2)20-25-21-23)24(26-8-3,27-9-4)28-10-5/h22H,6-21H2,1-5H3. The second kappa shape index (κ2) is 14.8. The summed E-state index contributed by atoms with van der Waals surface area (Å²) in [5.41, 5.74) is 0.413. The van der Waals surface area contributed by atoms with E-state index in [0.717, 1.165) is 26.1 Å². The molecule has 0 aromatic heterocycles. The minimum absolute atomic E-state index is 0.286. The Morgan fingerprint density at radius 2 is 1.29 bits per heavy atom. The van der Waals surface area contributed by atoms with Gasteiger partial charge in [-0.25, -0.2) is 0 Å². The zero-order chi connectivity index (χ0) is 20.7. The van der Waals surface area contributed by atoms with Crippen molar-refractivity contribution in [2.75, 3.05) is 33.0 Å². The molecular weight excluding hydrogens is 352 g/mol. The van der Waals surface area contributed by atoms with Crippen LogP contribution in [0, 0.1) is 11.3 Å². The maximum absolute atomic E-state index is 6.15. The van der Waals surface area contributed by atoms with E-state index in [1.165, 1.54) is 57.8 Å². The predicted octanol–water partition coefficient (Wildman–Crippen LogP) is 6.71. The molecule has 4 nitrogen and oxygen atoms in total. The first-order valence-electron chi connectivity index (χ1n) is 12.1. The van der Waals surface area contributed by atoms with Gasteiger partial charge in [-0.1, -0.05) is 58.8 Å². The van der Waals surface area contributed by atoms with Gasteiger partial charge in [0.15, 0.2) is 0 Å². The lowest BCUT2D eigenvalue weighted by Crippen LogP contribution is -2.47. The molecule has 0 N–H and O–H groups in total. The second-order valence-electron chi connectivity index (χ2n) is 8.39. The van der Waals surface area contributed by atoms with Gasteiger partial charge in [0, 0.05) is 31.2 Å². The van der Waals surface area contributed by atoms with Crippen molar-refractivity contribution in [3.63, 3.8) is 0 Å². The first-order chi connectivity index (χ1) is 13.6. The molecule has 0 bridgehead atoms. The van der Waals surface area contributed by atoms with Crippen LogP contribution in [-0.2, 0) is 18.9 Å². The second-order valence-corrected chi connectivity index (χ2v) is 8.39. The first kappa shape index (κ1) is 25.9. The van der Waals surface area contributed by atoms with Crippen molar-refractivity contribution in [1.29, 1.82) is 0 Å². The van der Waals surface area contributed by atoms with Crippen molar-refractivity contribution in [2.45, 2.75) is 111 Å². The Kier molecular flexibility index (Phi) is 13.6. The summed E-state index contributed by atoms with van der Waals surface area (Å²) in [6.45, 7) is 14.4. The number of unbranched alkanes of at least 4 members (excludes halogenated alkanes) is 5.